The van der Waals surface area contributed by atoms with Crippen LogP contribution >= 0.6 is 11.3 Å². The maximum Gasteiger partial charge on any atom is 0.106 e. The minimum Gasteiger partial charge on any atom is -0.304 e. The molecule has 2 aromatic rings. The van der Waals surface area contributed by atoms with Crippen LogP contribution in [0.1, 0.15) is 42.9 Å². The molecule has 0 spiro atoms. The summed E-state index contributed by atoms with van der Waals surface area (Å²) in [6.07, 6.45) is 3.01. The Hall–Kier alpha value is -1.19. The predicted molar refractivity (Wildman–Crippen MR) is 82.4 cm³/mol. The summed E-state index contributed by atoms with van der Waals surface area (Å²) in [7, 11) is 0. The van der Waals surface area contributed by atoms with Crippen LogP contribution < -0.4 is 5.32 Å². The summed E-state index contributed by atoms with van der Waals surface area (Å²) in [5.41, 5.74) is 2.76. The van der Waals surface area contributed by atoms with Gasteiger partial charge in [-0.3, -0.25) is 0 Å². The summed E-state index contributed by atoms with van der Waals surface area (Å²) in [6.45, 7) is 7.55. The van der Waals surface area contributed by atoms with Crippen molar-refractivity contribution in [3.05, 3.63) is 52.0 Å². The van der Waals surface area contributed by atoms with Gasteiger partial charge in [0.05, 0.1) is 0 Å². The average molecular weight is 274 g/mol. The van der Waals surface area contributed by atoms with Gasteiger partial charge in [0.2, 0.25) is 0 Å². The third-order valence-corrected chi connectivity index (χ3v) is 3.95. The fourth-order valence-corrected chi connectivity index (χ4v) is 2.68. The summed E-state index contributed by atoms with van der Waals surface area (Å²) >= 11 is 1.70. The highest BCUT2D eigenvalue weighted by molar-refractivity contribution is 7.09. The largest absolute Gasteiger partial charge is 0.304 e. The van der Waals surface area contributed by atoms with Crippen LogP contribution in [0.5, 0.6) is 0 Å². The lowest BCUT2D eigenvalue weighted by Gasteiger charge is -2.14. The van der Waals surface area contributed by atoms with Gasteiger partial charge in [-0.1, -0.05) is 38.1 Å². The number of nitrogens with zero attached hydrogens (tertiary/aromatic N) is 1. The molecule has 1 atom stereocenters. The summed E-state index contributed by atoms with van der Waals surface area (Å²) in [4.78, 5) is 4.28. The zero-order chi connectivity index (χ0) is 13.7. The van der Waals surface area contributed by atoms with E-state index in [2.05, 4.69) is 55.3 Å². The quantitative estimate of drug-likeness (QED) is 0.854. The Labute approximate surface area is 119 Å². The van der Waals surface area contributed by atoms with Crippen molar-refractivity contribution < 1.29 is 0 Å². The Balaban J connectivity index is 1.90. The Morgan fingerprint density at radius 3 is 2.47 bits per heavy atom. The molecule has 102 valence electrons. The van der Waals surface area contributed by atoms with E-state index in [9.17, 15) is 0 Å². The summed E-state index contributed by atoms with van der Waals surface area (Å²) < 4.78 is 0. The van der Waals surface area contributed by atoms with E-state index in [1.165, 1.54) is 11.1 Å². The standard InChI is InChI=1S/C16H22N2S/c1-12(2)10-14-4-6-15(7-5-14)13(3)18-11-16-17-8-9-19-16/h4-9,12-13,18H,10-11H2,1-3H3. The first-order chi connectivity index (χ1) is 9.15. The van der Waals surface area contributed by atoms with Gasteiger partial charge in [0.25, 0.3) is 0 Å². The second kappa shape index (κ2) is 6.83. The molecule has 0 aliphatic heterocycles. The average Bonchev–Trinajstić information content (AvgIpc) is 2.89. The van der Waals surface area contributed by atoms with Crippen molar-refractivity contribution in [2.24, 2.45) is 5.92 Å². The lowest BCUT2D eigenvalue weighted by molar-refractivity contribution is 0.572. The molecule has 1 aromatic carbocycles. The molecular formula is C16H22N2S. The number of nitrogens with one attached hydrogen (secondary N) is 1. The minimum absolute atomic E-state index is 0.358. The van der Waals surface area contributed by atoms with E-state index in [-0.39, 0.29) is 0 Å². The van der Waals surface area contributed by atoms with Crippen LogP contribution in [0.3, 0.4) is 0 Å². The van der Waals surface area contributed by atoms with E-state index in [4.69, 9.17) is 0 Å². The number of aromatic nitrogens is 1. The molecule has 1 N–H and O–H groups in total. The van der Waals surface area contributed by atoms with Gasteiger partial charge in [-0.2, -0.15) is 0 Å². The van der Waals surface area contributed by atoms with E-state index in [1.54, 1.807) is 11.3 Å². The molecule has 0 radical (unpaired) electrons. The van der Waals surface area contributed by atoms with Crippen molar-refractivity contribution in [1.29, 1.82) is 0 Å². The Kier molecular flexibility index (Phi) is 5.11. The van der Waals surface area contributed by atoms with Crippen molar-refractivity contribution in [1.82, 2.24) is 10.3 Å². The van der Waals surface area contributed by atoms with Crippen molar-refractivity contribution >= 4 is 11.3 Å². The second-order valence-corrected chi connectivity index (χ2v) is 6.35. The monoisotopic (exact) mass is 274 g/mol. The Morgan fingerprint density at radius 1 is 1.16 bits per heavy atom. The van der Waals surface area contributed by atoms with Crippen LogP contribution in [0, 0.1) is 5.92 Å². The van der Waals surface area contributed by atoms with Gasteiger partial charge in [-0.25, -0.2) is 4.98 Å². The van der Waals surface area contributed by atoms with E-state index in [1.807, 2.05) is 11.6 Å². The van der Waals surface area contributed by atoms with Crippen LogP contribution in [0.4, 0.5) is 0 Å². The molecule has 2 nitrogen and oxygen atoms in total. The van der Waals surface area contributed by atoms with Crippen molar-refractivity contribution in [3.8, 4) is 0 Å². The van der Waals surface area contributed by atoms with Crippen LogP contribution in [0.25, 0.3) is 0 Å². The van der Waals surface area contributed by atoms with Gasteiger partial charge in [0, 0.05) is 24.2 Å². The predicted octanol–water partition coefficient (Wildman–Crippen LogP) is 4.19. The topological polar surface area (TPSA) is 24.9 Å². The van der Waals surface area contributed by atoms with Crippen molar-refractivity contribution in [3.63, 3.8) is 0 Å². The number of thiazole rings is 1. The third kappa shape index (κ3) is 4.44. The molecule has 1 aromatic heterocycles. The van der Waals surface area contributed by atoms with Gasteiger partial charge < -0.3 is 5.32 Å². The Bertz CT molecular complexity index is 474. The highest BCUT2D eigenvalue weighted by Gasteiger charge is 2.06. The highest BCUT2D eigenvalue weighted by Crippen LogP contribution is 2.16. The fourth-order valence-electron chi connectivity index (χ4n) is 2.11. The SMILES string of the molecule is CC(C)Cc1ccc(C(C)NCc2nccs2)cc1. The number of hydrogen-bond donors (Lipinski definition) is 1. The fraction of sp³-hybridized carbons (Fsp3) is 0.438. The maximum atomic E-state index is 4.28. The molecule has 0 amide bonds. The van der Waals surface area contributed by atoms with Crippen LogP contribution in [0.15, 0.2) is 35.8 Å². The van der Waals surface area contributed by atoms with Crippen LogP contribution in [-0.2, 0) is 13.0 Å². The number of hydrogen-bond acceptors (Lipinski definition) is 3. The third-order valence-electron chi connectivity index (χ3n) is 3.17. The van der Waals surface area contributed by atoms with Gasteiger partial charge in [-0.15, -0.1) is 11.3 Å². The number of benzene rings is 1. The smallest absolute Gasteiger partial charge is 0.106 e. The molecule has 0 bridgehead atoms. The first-order valence-electron chi connectivity index (χ1n) is 6.85. The van der Waals surface area contributed by atoms with E-state index in [0.717, 1.165) is 18.0 Å². The van der Waals surface area contributed by atoms with Gasteiger partial charge >= 0.3 is 0 Å². The molecule has 0 fully saturated rings. The zero-order valence-corrected chi connectivity index (χ0v) is 12.7. The van der Waals surface area contributed by atoms with Crippen LogP contribution in [0.2, 0.25) is 0 Å². The summed E-state index contributed by atoms with van der Waals surface area (Å²) in [6, 6.07) is 9.32. The molecule has 0 aliphatic rings. The van der Waals surface area contributed by atoms with Gasteiger partial charge in [0.1, 0.15) is 5.01 Å². The molecule has 19 heavy (non-hydrogen) atoms. The minimum atomic E-state index is 0.358. The molecule has 2 rings (SSSR count). The summed E-state index contributed by atoms with van der Waals surface area (Å²) in [5.74, 6) is 0.714. The first kappa shape index (κ1) is 14.2. The molecular weight excluding hydrogens is 252 g/mol. The normalized spacial score (nSPS) is 12.8. The lowest BCUT2D eigenvalue weighted by atomic mass is 10.00. The van der Waals surface area contributed by atoms with Gasteiger partial charge in [-0.05, 0) is 30.4 Å². The maximum absolute atomic E-state index is 4.28. The van der Waals surface area contributed by atoms with Crippen molar-refractivity contribution in [2.75, 3.05) is 0 Å². The van der Waals surface area contributed by atoms with Crippen molar-refractivity contribution in [2.45, 2.75) is 39.8 Å². The molecule has 0 aliphatic carbocycles. The zero-order valence-electron chi connectivity index (χ0n) is 11.9. The van der Waals surface area contributed by atoms with E-state index >= 15 is 0 Å². The molecule has 3 heteroatoms. The molecule has 0 saturated carbocycles. The Morgan fingerprint density at radius 2 is 1.89 bits per heavy atom. The molecule has 1 heterocycles. The van der Waals surface area contributed by atoms with E-state index in [0.29, 0.717) is 12.0 Å². The summed E-state index contributed by atoms with van der Waals surface area (Å²) in [5, 5.41) is 6.67. The van der Waals surface area contributed by atoms with Crippen LogP contribution in [-0.4, -0.2) is 4.98 Å². The first-order valence-corrected chi connectivity index (χ1v) is 7.73. The second-order valence-electron chi connectivity index (χ2n) is 5.37. The number of rotatable bonds is 6. The van der Waals surface area contributed by atoms with Gasteiger partial charge in [0.15, 0.2) is 0 Å². The lowest BCUT2D eigenvalue weighted by Crippen LogP contribution is -2.17. The molecule has 0 saturated heterocycles. The highest BCUT2D eigenvalue weighted by atomic mass is 32.1. The molecule has 1 unspecified atom stereocenters. The van der Waals surface area contributed by atoms with E-state index < -0.39 is 0 Å².